The number of aryl methyl sites for hydroxylation is 1. The highest BCUT2D eigenvalue weighted by atomic mass is 35.5. The largest absolute Gasteiger partial charge is 0.219 e. The predicted octanol–water partition coefficient (Wildman–Crippen LogP) is 3.37. The maximum atomic E-state index is 4.96. The molecule has 0 amide bonds. The number of hydrogen-bond acceptors (Lipinski definition) is 2. The first kappa shape index (κ1) is 13.0. The lowest BCUT2D eigenvalue weighted by Crippen LogP contribution is -1.89. The fourth-order valence-electron chi connectivity index (χ4n) is 0.798. The van der Waals surface area contributed by atoms with E-state index >= 15 is 0 Å². The molecule has 0 aromatic heterocycles. The molecular weight excluding hydrogens is 196 g/mol. The van der Waals surface area contributed by atoms with Crippen molar-refractivity contribution in [3.8, 4) is 0 Å². The molecule has 0 unspecified atom stereocenters. The maximum absolute atomic E-state index is 4.96. The summed E-state index contributed by atoms with van der Waals surface area (Å²) in [7, 11) is 0. The second-order valence-electron chi connectivity index (χ2n) is 2.98. The van der Waals surface area contributed by atoms with Gasteiger partial charge in [-0.2, -0.15) is 5.10 Å². The number of hydrazone groups is 1. The van der Waals surface area contributed by atoms with Crippen LogP contribution in [0.25, 0.3) is 0 Å². The lowest BCUT2D eigenvalue weighted by atomic mass is 10.2. The highest BCUT2D eigenvalue weighted by Crippen LogP contribution is 1.96. The molecule has 0 radical (unpaired) electrons. The van der Waals surface area contributed by atoms with Crippen LogP contribution in [0.5, 0.6) is 0 Å². The van der Waals surface area contributed by atoms with E-state index in [2.05, 4.69) is 41.2 Å². The van der Waals surface area contributed by atoms with Gasteiger partial charge >= 0.3 is 0 Å². The molecule has 1 rings (SSSR count). The summed E-state index contributed by atoms with van der Waals surface area (Å²) >= 11 is 4.96. The number of halogens is 1. The Kier molecular flexibility index (Phi) is 7.95. The molecule has 0 aliphatic carbocycles. The Morgan fingerprint density at radius 2 is 1.86 bits per heavy atom. The Morgan fingerprint density at radius 1 is 1.29 bits per heavy atom. The lowest BCUT2D eigenvalue weighted by molar-refractivity contribution is 1.09. The number of nitrogens with zero attached hydrogens (tertiary/aromatic N) is 1. The zero-order valence-corrected chi connectivity index (χ0v) is 9.67. The van der Waals surface area contributed by atoms with Crippen LogP contribution in [-0.2, 0) is 6.42 Å². The normalized spacial score (nSPS) is 8.29. The van der Waals surface area contributed by atoms with Crippen LogP contribution >= 0.6 is 11.8 Å². The van der Waals surface area contributed by atoms with E-state index in [1.165, 1.54) is 5.56 Å². The first-order valence-corrected chi connectivity index (χ1v) is 4.99. The predicted molar refractivity (Wildman–Crippen MR) is 63.6 cm³/mol. The van der Waals surface area contributed by atoms with Gasteiger partial charge in [-0.15, -0.1) is 0 Å². The smallest absolute Gasteiger partial charge is 0.0330 e. The van der Waals surface area contributed by atoms with E-state index in [1.54, 1.807) is 0 Å². The lowest BCUT2D eigenvalue weighted by Gasteiger charge is -1.89. The third-order valence-corrected chi connectivity index (χ3v) is 1.60. The molecule has 0 aliphatic heterocycles. The fraction of sp³-hybridized carbons (Fsp3) is 0.364. The number of rotatable bonds is 2. The molecule has 14 heavy (non-hydrogen) atoms. The van der Waals surface area contributed by atoms with Crippen LogP contribution in [0, 0.1) is 0 Å². The van der Waals surface area contributed by atoms with Crippen molar-refractivity contribution >= 4 is 17.5 Å². The molecule has 3 heteroatoms. The standard InChI is InChI=1S/C8H10.C3H7ClN2/c1-2-8-6-4-3-5-7-8;1-3(2)5-6-4/h3-7H,2H2,1H3;6H,1-2H3. The topological polar surface area (TPSA) is 24.4 Å². The van der Waals surface area contributed by atoms with Crippen LogP contribution in [0.3, 0.4) is 0 Å². The minimum Gasteiger partial charge on any atom is -0.219 e. The minimum absolute atomic E-state index is 0.921. The second-order valence-corrected chi connectivity index (χ2v) is 3.15. The van der Waals surface area contributed by atoms with Crippen molar-refractivity contribution in [2.45, 2.75) is 27.2 Å². The summed E-state index contributed by atoms with van der Waals surface area (Å²) in [6.45, 7) is 5.88. The Bertz CT molecular complexity index is 253. The van der Waals surface area contributed by atoms with Crippen LogP contribution in [0.2, 0.25) is 0 Å². The van der Waals surface area contributed by atoms with Gasteiger partial charge in [0.15, 0.2) is 0 Å². The summed E-state index contributed by atoms with van der Waals surface area (Å²) in [5.74, 6) is 0. The quantitative estimate of drug-likeness (QED) is 0.454. The molecule has 0 aliphatic rings. The Hall–Kier alpha value is -1.02. The molecule has 1 aromatic rings. The van der Waals surface area contributed by atoms with Crippen LogP contribution in [0.1, 0.15) is 26.3 Å². The van der Waals surface area contributed by atoms with E-state index in [9.17, 15) is 0 Å². The summed E-state index contributed by atoms with van der Waals surface area (Å²) in [5, 5.41) is 3.56. The van der Waals surface area contributed by atoms with Crippen molar-refractivity contribution in [3.05, 3.63) is 35.9 Å². The second kappa shape index (κ2) is 8.57. The van der Waals surface area contributed by atoms with Crippen molar-refractivity contribution in [2.75, 3.05) is 0 Å². The minimum atomic E-state index is 0.921. The van der Waals surface area contributed by atoms with Crippen molar-refractivity contribution in [2.24, 2.45) is 5.10 Å². The third-order valence-electron chi connectivity index (χ3n) is 1.52. The zero-order valence-electron chi connectivity index (χ0n) is 8.92. The van der Waals surface area contributed by atoms with E-state index in [0.717, 1.165) is 12.1 Å². The molecule has 0 saturated carbocycles. The molecule has 0 bridgehead atoms. The van der Waals surface area contributed by atoms with E-state index in [0.29, 0.717) is 0 Å². The summed E-state index contributed by atoms with van der Waals surface area (Å²) in [5.41, 5.74) is 2.33. The van der Waals surface area contributed by atoms with E-state index in [4.69, 9.17) is 11.8 Å². The summed E-state index contributed by atoms with van der Waals surface area (Å²) in [6, 6.07) is 10.5. The average Bonchev–Trinajstić information content (AvgIpc) is 2.20. The van der Waals surface area contributed by atoms with Gasteiger partial charge in [-0.05, 0) is 25.8 Å². The molecule has 0 heterocycles. The van der Waals surface area contributed by atoms with Gasteiger partial charge in [-0.1, -0.05) is 37.3 Å². The van der Waals surface area contributed by atoms with E-state index in [-0.39, 0.29) is 0 Å². The molecule has 0 fully saturated rings. The average molecular weight is 213 g/mol. The molecule has 0 spiro atoms. The van der Waals surface area contributed by atoms with Gasteiger partial charge in [0.25, 0.3) is 0 Å². The SMILES string of the molecule is CC(C)=NNCl.CCc1ccccc1. The van der Waals surface area contributed by atoms with Crippen LogP contribution < -0.4 is 4.94 Å². The highest BCUT2D eigenvalue weighted by molar-refractivity contribution is 6.13. The van der Waals surface area contributed by atoms with Crippen LogP contribution in [0.4, 0.5) is 0 Å². The summed E-state index contributed by atoms with van der Waals surface area (Å²) in [6.07, 6.45) is 1.14. The zero-order chi connectivity index (χ0) is 10.8. The van der Waals surface area contributed by atoms with Crippen molar-refractivity contribution < 1.29 is 0 Å². The molecule has 78 valence electrons. The first-order valence-electron chi connectivity index (χ1n) is 4.61. The number of benzene rings is 1. The van der Waals surface area contributed by atoms with Gasteiger partial charge in [0.05, 0.1) is 0 Å². The fourth-order valence-corrected chi connectivity index (χ4v) is 0.967. The molecule has 1 aromatic carbocycles. The third kappa shape index (κ3) is 7.62. The van der Waals surface area contributed by atoms with Gasteiger partial charge in [-0.3, -0.25) is 0 Å². The van der Waals surface area contributed by atoms with E-state index < -0.39 is 0 Å². The van der Waals surface area contributed by atoms with Gasteiger partial charge in [-0.25, -0.2) is 4.94 Å². The van der Waals surface area contributed by atoms with Gasteiger partial charge in [0, 0.05) is 17.5 Å². The monoisotopic (exact) mass is 212 g/mol. The Labute approximate surface area is 91.1 Å². The van der Waals surface area contributed by atoms with Crippen molar-refractivity contribution in [3.63, 3.8) is 0 Å². The van der Waals surface area contributed by atoms with Crippen molar-refractivity contribution in [1.82, 2.24) is 4.94 Å². The molecular formula is C11H17ClN2. The van der Waals surface area contributed by atoms with Gasteiger partial charge in [0.1, 0.15) is 0 Å². The molecule has 0 saturated heterocycles. The summed E-state index contributed by atoms with van der Waals surface area (Å²) < 4.78 is 0. The van der Waals surface area contributed by atoms with Crippen molar-refractivity contribution in [1.29, 1.82) is 0 Å². The number of hydrogen-bond donors (Lipinski definition) is 1. The van der Waals surface area contributed by atoms with Crippen LogP contribution in [-0.4, -0.2) is 5.71 Å². The van der Waals surface area contributed by atoms with Gasteiger partial charge in [0.2, 0.25) is 0 Å². The maximum Gasteiger partial charge on any atom is 0.0330 e. The Balaban J connectivity index is 0.000000255. The summed E-state index contributed by atoms with van der Waals surface area (Å²) in [4.78, 5) is 2.13. The highest BCUT2D eigenvalue weighted by Gasteiger charge is 1.79. The molecule has 0 atom stereocenters. The van der Waals surface area contributed by atoms with Crippen LogP contribution in [0.15, 0.2) is 35.4 Å². The molecule has 1 N–H and O–H groups in total. The van der Waals surface area contributed by atoms with E-state index in [1.807, 2.05) is 19.9 Å². The van der Waals surface area contributed by atoms with Gasteiger partial charge < -0.3 is 0 Å². The number of nitrogens with one attached hydrogen (secondary N) is 1. The molecule has 2 nitrogen and oxygen atoms in total. The first-order chi connectivity index (χ1) is 6.70. The Morgan fingerprint density at radius 3 is 2.07 bits per heavy atom.